The first kappa shape index (κ1) is 36.2. The Hall–Kier alpha value is -0.255. The molecule has 0 aromatic rings. The van der Waals surface area contributed by atoms with Gasteiger partial charge in [-0.1, -0.05) is 81.5 Å². The number of carbonyl (C=O) groups excluding carboxylic acids is 4. The number of hydrogen-bond donors (Lipinski definition) is 0. The van der Waals surface area contributed by atoms with Crippen LogP contribution in [0.4, 0.5) is 0 Å². The van der Waals surface area contributed by atoms with Gasteiger partial charge in [0, 0.05) is 29.6 Å². The molecule has 0 saturated heterocycles. The monoisotopic (exact) mass is 651 g/mol. The number of carbonyl (C=O) groups is 3. The molecule has 42 heavy (non-hydrogen) atoms. The minimum absolute atomic E-state index is 0. The molecule has 0 aliphatic heterocycles. The maximum atomic E-state index is 11.0. The topological polar surface area (TPSA) is 68.3 Å². The van der Waals surface area contributed by atoms with Crippen molar-refractivity contribution in [3.8, 4) is 0 Å². The van der Waals surface area contributed by atoms with E-state index in [9.17, 15) is 19.2 Å². The van der Waals surface area contributed by atoms with Crippen molar-refractivity contribution in [1.82, 2.24) is 0 Å². The molecule has 9 saturated carbocycles. The molecule has 4 nitrogen and oxygen atoms in total. The molecule has 9 aliphatic carbocycles. The van der Waals surface area contributed by atoms with Gasteiger partial charge in [-0.25, -0.2) is 0 Å². The molecule has 0 spiro atoms. The minimum atomic E-state index is -1.35. The van der Waals surface area contributed by atoms with Crippen molar-refractivity contribution >= 4 is 23.6 Å². The average Bonchev–Trinajstić information content (AvgIpc) is 3.83. The van der Waals surface area contributed by atoms with Crippen LogP contribution in [0.3, 0.4) is 0 Å². The molecule has 0 unspecified atom stereocenters. The summed E-state index contributed by atoms with van der Waals surface area (Å²) >= 11 is 0. The molecule has 9 fully saturated rings. The first-order chi connectivity index (χ1) is 19.5. The quantitative estimate of drug-likeness (QED) is 0.175. The maximum absolute atomic E-state index is 11.0. The summed E-state index contributed by atoms with van der Waals surface area (Å²) < 4.78 is 0. The Labute approximate surface area is 277 Å². The third kappa shape index (κ3) is 10.4. The molecule has 0 N–H and O–H groups in total. The zero-order valence-corrected chi connectivity index (χ0v) is 28.1. The molecule has 0 atom stereocenters. The second-order valence-corrected chi connectivity index (χ2v) is 14.3. The number of hydrogen-bond acceptors (Lipinski definition) is 4. The number of Topliss-reactive ketones (excluding diaryl/α,β-unsaturated/α-hetero) is 3. The number of rotatable bonds is 4. The van der Waals surface area contributed by atoms with E-state index in [1.54, 1.807) is 0 Å². The average molecular weight is 652 g/mol. The van der Waals surface area contributed by atoms with Crippen LogP contribution < -0.4 is 0 Å². The fraction of sp³-hybridized carbons (Fsp3) is 0.778. The molecule has 0 radical (unpaired) electrons. The molecule has 0 amide bonds. The minimum Gasteiger partial charge on any atom is -0.415 e. The van der Waals surface area contributed by atoms with E-state index in [0.717, 1.165) is 36.4 Å². The Morgan fingerprint density at radius 2 is 0.786 bits per heavy atom. The van der Waals surface area contributed by atoms with Gasteiger partial charge in [-0.15, -0.1) is 0 Å². The number of ketones is 3. The summed E-state index contributed by atoms with van der Waals surface area (Å²) in [5.41, 5.74) is 0. The third-order valence-electron chi connectivity index (χ3n) is 11.6. The van der Waals surface area contributed by atoms with Crippen LogP contribution in [0, 0.1) is 53.3 Å². The molecule has 0 heterocycles. The van der Waals surface area contributed by atoms with Crippen LogP contribution in [0.2, 0.25) is 0 Å². The molecule has 232 valence electrons. The predicted octanol–water partition coefficient (Wildman–Crippen LogP) is 8.22. The van der Waals surface area contributed by atoms with Crippen molar-refractivity contribution in [1.29, 1.82) is 0 Å². The molecular weight excluding hydrogens is 600 g/mol. The fourth-order valence-corrected chi connectivity index (χ4v) is 8.62. The molecule has 0 aromatic heterocycles. The Morgan fingerprint density at radius 3 is 0.905 bits per heavy atom. The standard InChI is InChI=1S/C8H7O4.4C7H11.2Cr/c9-4-6(10)8(12)7(11)5-2-1-3-5;4*1-2-7-4-3-6(1)5-7;;/h5H,1-3H2;4*6H,1-5H2;;/q5*-1;;+4. The predicted molar refractivity (Wildman–Crippen MR) is 157 cm³/mol. The van der Waals surface area contributed by atoms with E-state index in [-0.39, 0.29) is 40.6 Å². The van der Waals surface area contributed by atoms with E-state index in [2.05, 4.69) is 0 Å². The second-order valence-electron chi connectivity index (χ2n) is 14.3. The van der Waals surface area contributed by atoms with Crippen molar-refractivity contribution in [3.05, 3.63) is 23.7 Å². The number of fused-ring (bicyclic) bond motifs is 8. The molecule has 6 heteroatoms. The van der Waals surface area contributed by atoms with Crippen LogP contribution in [0.25, 0.3) is 0 Å². The Kier molecular flexibility index (Phi) is 15.5. The van der Waals surface area contributed by atoms with Crippen LogP contribution in [0.15, 0.2) is 0 Å². The Morgan fingerprint density at radius 1 is 0.500 bits per heavy atom. The van der Waals surface area contributed by atoms with Crippen molar-refractivity contribution in [2.24, 2.45) is 29.6 Å². The third-order valence-corrected chi connectivity index (χ3v) is 11.6. The zero-order chi connectivity index (χ0) is 27.9. The summed E-state index contributed by atoms with van der Waals surface area (Å²) in [4.78, 5) is 41.9. The van der Waals surface area contributed by atoms with Gasteiger partial charge in [0.1, 0.15) is 11.6 Å². The van der Waals surface area contributed by atoms with Gasteiger partial charge in [0.25, 0.3) is 0 Å². The Bertz CT molecular complexity index is 726. The zero-order valence-electron chi connectivity index (χ0n) is 25.6. The van der Waals surface area contributed by atoms with Gasteiger partial charge in [0.15, 0.2) is 0 Å². The van der Waals surface area contributed by atoms with Crippen molar-refractivity contribution in [2.45, 2.75) is 148 Å². The maximum Gasteiger partial charge on any atom is 4.00 e. The van der Waals surface area contributed by atoms with Gasteiger partial charge in [-0.2, -0.15) is 77.0 Å². The van der Waals surface area contributed by atoms with E-state index in [4.69, 9.17) is 0 Å². The van der Waals surface area contributed by atoms with E-state index in [0.29, 0.717) is 12.8 Å². The van der Waals surface area contributed by atoms with Gasteiger partial charge < -0.3 is 42.8 Å². The van der Waals surface area contributed by atoms with E-state index < -0.39 is 17.3 Å². The van der Waals surface area contributed by atoms with Crippen molar-refractivity contribution < 1.29 is 53.9 Å². The largest absolute Gasteiger partial charge is 4.00 e. The summed E-state index contributed by atoms with van der Waals surface area (Å²) in [6, 6.07) is 0. The first-order valence-corrected chi connectivity index (χ1v) is 16.8. The summed E-state index contributed by atoms with van der Waals surface area (Å²) in [7, 11) is 0. The first-order valence-electron chi connectivity index (χ1n) is 16.8. The molecule has 8 bridgehead atoms. The van der Waals surface area contributed by atoms with Crippen molar-refractivity contribution in [3.63, 3.8) is 0 Å². The molecule has 9 aliphatic rings. The summed E-state index contributed by atoms with van der Waals surface area (Å²) in [5, 5.41) is 0. The smallest absolute Gasteiger partial charge is 0.415 e. The van der Waals surface area contributed by atoms with E-state index in [1.807, 2.05) is 23.7 Å². The van der Waals surface area contributed by atoms with Crippen LogP contribution in [0.5, 0.6) is 0 Å². The van der Waals surface area contributed by atoms with Crippen LogP contribution in [0.1, 0.15) is 148 Å². The normalized spacial score (nSPS) is 26.4. The van der Waals surface area contributed by atoms with Crippen LogP contribution >= 0.6 is 0 Å². The van der Waals surface area contributed by atoms with Crippen molar-refractivity contribution in [2.75, 3.05) is 0 Å². The molecular formula is C36H51Cr2O4-. The van der Waals surface area contributed by atoms with Crippen LogP contribution in [-0.4, -0.2) is 23.6 Å². The second kappa shape index (κ2) is 18.0. The summed E-state index contributed by atoms with van der Waals surface area (Å²) in [6.45, 7) is 0. The van der Waals surface area contributed by atoms with Gasteiger partial charge in [-0.3, -0.25) is 0 Å². The SMILES string of the molecule is C1CC2CC[C-]1C2.C1CC2CC[C-]1C2.C1CC2CC[C-]1C2.C1CC2CC[C-]1C2.O=[C-]C(=O)C(=O)C(=O)C1CCC1.[Cr+4].[Cr]. The molecule has 0 aromatic carbocycles. The van der Waals surface area contributed by atoms with E-state index in [1.165, 1.54) is 128 Å². The molecule has 9 rings (SSSR count). The van der Waals surface area contributed by atoms with E-state index >= 15 is 0 Å². The van der Waals surface area contributed by atoms with Gasteiger partial charge >= 0.3 is 17.4 Å². The van der Waals surface area contributed by atoms with Crippen LogP contribution in [-0.2, 0) is 53.9 Å². The van der Waals surface area contributed by atoms with Gasteiger partial charge in [-0.05, 0) is 12.8 Å². The van der Waals surface area contributed by atoms with Gasteiger partial charge in [0.05, 0.1) is 5.78 Å². The Balaban J connectivity index is 0.000000145. The van der Waals surface area contributed by atoms with Gasteiger partial charge in [0.2, 0.25) is 0 Å². The summed E-state index contributed by atoms with van der Waals surface area (Å²) in [6.07, 6.45) is 33.1. The summed E-state index contributed by atoms with van der Waals surface area (Å²) in [5.74, 6) is 8.38. The fourth-order valence-electron chi connectivity index (χ4n) is 8.62.